The van der Waals surface area contributed by atoms with E-state index in [9.17, 15) is 4.79 Å². The zero-order valence-electron chi connectivity index (χ0n) is 12.1. The smallest absolute Gasteiger partial charge is 0.313 e. The molecule has 1 aromatic heterocycles. The van der Waals surface area contributed by atoms with Gasteiger partial charge in [0.1, 0.15) is 0 Å². The molecule has 116 valence electrons. The number of carbonyl (C=O) groups is 1. The average Bonchev–Trinajstić information content (AvgIpc) is 3.00. The molecular formula is C13H20N4O3S. The van der Waals surface area contributed by atoms with Crippen LogP contribution in [0.4, 0.5) is 5.95 Å². The van der Waals surface area contributed by atoms with E-state index in [-0.39, 0.29) is 5.75 Å². The van der Waals surface area contributed by atoms with Crippen molar-refractivity contribution in [1.29, 1.82) is 0 Å². The molecule has 0 radical (unpaired) electrons. The van der Waals surface area contributed by atoms with Gasteiger partial charge in [0.2, 0.25) is 5.95 Å². The predicted octanol–water partition coefficient (Wildman–Crippen LogP) is 1.23. The minimum atomic E-state index is -0.836. The maximum Gasteiger partial charge on any atom is 0.313 e. The first kappa shape index (κ1) is 14.6. The zero-order chi connectivity index (χ0) is 14.8. The third kappa shape index (κ3) is 3.16. The lowest BCUT2D eigenvalue weighted by molar-refractivity contribution is -0.133. The minimum Gasteiger partial charge on any atom is -0.481 e. The lowest BCUT2D eigenvalue weighted by Crippen LogP contribution is -2.44. The van der Waals surface area contributed by atoms with Gasteiger partial charge >= 0.3 is 5.97 Å². The highest BCUT2D eigenvalue weighted by molar-refractivity contribution is 7.99. The second kappa shape index (κ2) is 6.23. The number of nitrogens with zero attached hydrogens (tertiary/aromatic N) is 4. The van der Waals surface area contributed by atoms with Gasteiger partial charge in [-0.2, -0.15) is 0 Å². The zero-order valence-corrected chi connectivity index (χ0v) is 12.9. The molecule has 2 bridgehead atoms. The molecule has 2 fully saturated rings. The molecule has 2 aliphatic rings. The number of hydrogen-bond acceptors (Lipinski definition) is 6. The molecule has 2 aliphatic heterocycles. The van der Waals surface area contributed by atoms with E-state index in [1.807, 2.05) is 4.57 Å². The van der Waals surface area contributed by atoms with Crippen molar-refractivity contribution in [2.24, 2.45) is 0 Å². The monoisotopic (exact) mass is 312 g/mol. The molecule has 1 aromatic rings. The number of anilines is 1. The highest BCUT2D eigenvalue weighted by atomic mass is 32.2. The van der Waals surface area contributed by atoms with Crippen molar-refractivity contribution < 1.29 is 14.6 Å². The van der Waals surface area contributed by atoms with E-state index in [2.05, 4.69) is 22.0 Å². The summed E-state index contributed by atoms with van der Waals surface area (Å²) in [5, 5.41) is 18.0. The summed E-state index contributed by atoms with van der Waals surface area (Å²) < 4.78 is 7.89. The first-order chi connectivity index (χ1) is 10.2. The van der Waals surface area contributed by atoms with Crippen molar-refractivity contribution in [3.05, 3.63) is 0 Å². The Morgan fingerprint density at radius 3 is 2.71 bits per heavy atom. The van der Waals surface area contributed by atoms with E-state index >= 15 is 0 Å². The molecule has 0 aliphatic carbocycles. The summed E-state index contributed by atoms with van der Waals surface area (Å²) in [6.07, 6.45) is 3.78. The molecular weight excluding hydrogens is 292 g/mol. The Bertz CT molecular complexity index is 510. The number of morpholine rings is 1. The van der Waals surface area contributed by atoms with Crippen molar-refractivity contribution in [2.45, 2.75) is 50.1 Å². The number of rotatable bonds is 6. The van der Waals surface area contributed by atoms with Gasteiger partial charge in [0.25, 0.3) is 0 Å². The fourth-order valence-corrected chi connectivity index (χ4v) is 3.63. The van der Waals surface area contributed by atoms with Crippen LogP contribution in [0.25, 0.3) is 0 Å². The Balaban J connectivity index is 1.79. The van der Waals surface area contributed by atoms with Crippen molar-refractivity contribution in [3.8, 4) is 0 Å². The third-order valence-corrected chi connectivity index (χ3v) is 4.75. The van der Waals surface area contributed by atoms with Crippen LogP contribution in [0.15, 0.2) is 5.16 Å². The molecule has 0 spiro atoms. The van der Waals surface area contributed by atoms with Gasteiger partial charge < -0.3 is 14.7 Å². The number of aromatic nitrogens is 3. The van der Waals surface area contributed by atoms with E-state index < -0.39 is 5.97 Å². The van der Waals surface area contributed by atoms with Gasteiger partial charge in [-0.3, -0.25) is 9.36 Å². The minimum absolute atomic E-state index is 0.0101. The molecule has 8 heteroatoms. The van der Waals surface area contributed by atoms with Gasteiger partial charge in [-0.25, -0.2) is 0 Å². The molecule has 2 saturated heterocycles. The molecule has 0 saturated carbocycles. The SMILES string of the molecule is CCCn1c(SCC(=O)O)nnc1N1CC2CCC(C1)O2. The van der Waals surface area contributed by atoms with Crippen LogP contribution in [0, 0.1) is 0 Å². The largest absolute Gasteiger partial charge is 0.481 e. The standard InChI is InChI=1S/C13H20N4O3S/c1-2-5-17-12(14-15-13(17)21-8-11(18)19)16-6-9-3-4-10(7-16)20-9/h9-10H,2-8H2,1H3,(H,18,19). The summed E-state index contributed by atoms with van der Waals surface area (Å²) in [7, 11) is 0. The summed E-state index contributed by atoms with van der Waals surface area (Å²) in [4.78, 5) is 13.0. The predicted molar refractivity (Wildman–Crippen MR) is 78.8 cm³/mol. The quantitative estimate of drug-likeness (QED) is 0.791. The normalized spacial score (nSPS) is 24.5. The van der Waals surface area contributed by atoms with Gasteiger partial charge in [0.15, 0.2) is 5.16 Å². The number of ether oxygens (including phenoxy) is 1. The number of aliphatic carboxylic acids is 1. The van der Waals surface area contributed by atoms with Crippen LogP contribution in [0.1, 0.15) is 26.2 Å². The van der Waals surface area contributed by atoms with Crippen LogP contribution in [0.3, 0.4) is 0 Å². The topological polar surface area (TPSA) is 80.5 Å². The first-order valence-electron chi connectivity index (χ1n) is 7.35. The number of fused-ring (bicyclic) bond motifs is 2. The fraction of sp³-hybridized carbons (Fsp3) is 0.769. The van der Waals surface area contributed by atoms with Crippen molar-refractivity contribution in [3.63, 3.8) is 0 Å². The van der Waals surface area contributed by atoms with E-state index in [0.29, 0.717) is 17.4 Å². The molecule has 2 atom stereocenters. The van der Waals surface area contributed by atoms with Crippen LogP contribution in [-0.4, -0.2) is 56.9 Å². The Morgan fingerprint density at radius 1 is 1.38 bits per heavy atom. The van der Waals surface area contributed by atoms with Crippen molar-refractivity contribution in [2.75, 3.05) is 23.7 Å². The molecule has 7 nitrogen and oxygen atoms in total. The molecule has 0 amide bonds. The van der Waals surface area contributed by atoms with Crippen molar-refractivity contribution in [1.82, 2.24) is 14.8 Å². The number of carboxylic acids is 1. The van der Waals surface area contributed by atoms with E-state index in [4.69, 9.17) is 9.84 Å². The fourth-order valence-electron chi connectivity index (χ4n) is 2.95. The highest BCUT2D eigenvalue weighted by Gasteiger charge is 2.35. The molecule has 21 heavy (non-hydrogen) atoms. The van der Waals surface area contributed by atoms with Crippen LogP contribution >= 0.6 is 11.8 Å². The van der Waals surface area contributed by atoms with Gasteiger partial charge in [-0.05, 0) is 19.3 Å². The van der Waals surface area contributed by atoms with Gasteiger partial charge in [0.05, 0.1) is 18.0 Å². The second-order valence-electron chi connectivity index (χ2n) is 5.48. The number of hydrogen-bond donors (Lipinski definition) is 1. The van der Waals surface area contributed by atoms with Crippen molar-refractivity contribution >= 4 is 23.7 Å². The molecule has 1 N–H and O–H groups in total. The van der Waals surface area contributed by atoms with E-state index in [1.165, 1.54) is 11.8 Å². The van der Waals surface area contributed by atoms with E-state index in [1.54, 1.807) is 0 Å². The second-order valence-corrected chi connectivity index (χ2v) is 6.42. The maximum atomic E-state index is 10.7. The maximum absolute atomic E-state index is 10.7. The lowest BCUT2D eigenvalue weighted by Gasteiger charge is -2.32. The van der Waals surface area contributed by atoms with Crippen LogP contribution in [0.2, 0.25) is 0 Å². The third-order valence-electron chi connectivity index (χ3n) is 3.80. The van der Waals surface area contributed by atoms with Gasteiger partial charge in [0, 0.05) is 19.6 Å². The Hall–Kier alpha value is -1.28. The number of thioether (sulfide) groups is 1. The lowest BCUT2D eigenvalue weighted by atomic mass is 10.2. The first-order valence-corrected chi connectivity index (χ1v) is 8.34. The number of carboxylic acid groups (broad SMARTS) is 1. The summed E-state index contributed by atoms with van der Waals surface area (Å²) >= 11 is 1.23. The van der Waals surface area contributed by atoms with Crippen LogP contribution in [-0.2, 0) is 16.1 Å². The van der Waals surface area contributed by atoms with Crippen LogP contribution in [0.5, 0.6) is 0 Å². The molecule has 0 aromatic carbocycles. The molecule has 2 unspecified atom stereocenters. The molecule has 3 heterocycles. The van der Waals surface area contributed by atoms with Gasteiger partial charge in [-0.1, -0.05) is 18.7 Å². The molecule has 3 rings (SSSR count). The van der Waals surface area contributed by atoms with Gasteiger partial charge in [-0.15, -0.1) is 10.2 Å². The highest BCUT2D eigenvalue weighted by Crippen LogP contribution is 2.30. The summed E-state index contributed by atoms with van der Waals surface area (Å²) in [6.45, 7) is 4.60. The summed E-state index contributed by atoms with van der Waals surface area (Å²) in [5.41, 5.74) is 0. The summed E-state index contributed by atoms with van der Waals surface area (Å²) in [6, 6.07) is 0. The Kier molecular flexibility index (Phi) is 4.34. The van der Waals surface area contributed by atoms with Crippen LogP contribution < -0.4 is 4.90 Å². The average molecular weight is 312 g/mol. The van der Waals surface area contributed by atoms with E-state index in [0.717, 1.165) is 44.8 Å². The Labute approximate surface area is 127 Å². The Morgan fingerprint density at radius 2 is 2.10 bits per heavy atom. The summed E-state index contributed by atoms with van der Waals surface area (Å²) in [5.74, 6) is 0.0258.